The Morgan fingerprint density at radius 2 is 2.33 bits per heavy atom. The largest absolute Gasteiger partial charge is 0.185 e. The molecule has 1 aliphatic carbocycles. The van der Waals surface area contributed by atoms with E-state index in [1.165, 1.54) is 35.7 Å². The Balaban J connectivity index is 2.68. The van der Waals surface area contributed by atoms with Gasteiger partial charge in [-0.15, -0.1) is 0 Å². The van der Waals surface area contributed by atoms with Crippen molar-refractivity contribution in [3.05, 3.63) is 23.3 Å². The van der Waals surface area contributed by atoms with Crippen LogP contribution < -0.4 is 0 Å². The molecule has 2 unspecified atom stereocenters. The minimum atomic E-state index is 0.109. The summed E-state index contributed by atoms with van der Waals surface area (Å²) >= 11 is 1.49. The fourth-order valence-electron chi connectivity index (χ4n) is 2.61. The minimum absolute atomic E-state index is 0.109. The van der Waals surface area contributed by atoms with Crippen molar-refractivity contribution in [1.29, 1.82) is 5.26 Å². The van der Waals surface area contributed by atoms with E-state index in [-0.39, 0.29) is 4.75 Å². The standard InChI is InChI=1S/C16H25NS/c1-13(2)6-5-11-16(4,18-12-17)15-9-7-14(3)8-10-15/h6-7,15H,5,8-11H2,1-4H3. The van der Waals surface area contributed by atoms with Crippen molar-refractivity contribution in [2.24, 2.45) is 5.92 Å². The van der Waals surface area contributed by atoms with Crippen LogP contribution in [0, 0.1) is 16.6 Å². The lowest BCUT2D eigenvalue weighted by Gasteiger charge is -2.36. The van der Waals surface area contributed by atoms with E-state index < -0.39 is 0 Å². The Morgan fingerprint density at radius 1 is 1.61 bits per heavy atom. The van der Waals surface area contributed by atoms with Crippen LogP contribution in [0.5, 0.6) is 0 Å². The van der Waals surface area contributed by atoms with Gasteiger partial charge < -0.3 is 0 Å². The first kappa shape index (κ1) is 15.4. The number of hydrogen-bond acceptors (Lipinski definition) is 2. The van der Waals surface area contributed by atoms with Crippen LogP contribution in [0.25, 0.3) is 0 Å². The molecule has 1 rings (SSSR count). The van der Waals surface area contributed by atoms with Gasteiger partial charge in [-0.1, -0.05) is 23.3 Å². The van der Waals surface area contributed by atoms with Crippen molar-refractivity contribution in [3.8, 4) is 5.40 Å². The fraction of sp³-hybridized carbons (Fsp3) is 0.688. The third kappa shape index (κ3) is 4.53. The predicted octanol–water partition coefficient (Wildman–Crippen LogP) is 5.45. The normalized spacial score (nSPS) is 22.6. The molecule has 0 aliphatic heterocycles. The molecule has 0 saturated carbocycles. The highest BCUT2D eigenvalue weighted by Gasteiger charge is 2.34. The molecule has 0 amide bonds. The molecule has 0 aromatic rings. The first-order valence-electron chi connectivity index (χ1n) is 6.84. The van der Waals surface area contributed by atoms with Crippen molar-refractivity contribution in [1.82, 2.24) is 0 Å². The molecule has 100 valence electrons. The summed E-state index contributed by atoms with van der Waals surface area (Å²) in [5.74, 6) is 0.649. The Hall–Kier alpha value is -0.680. The van der Waals surface area contributed by atoms with Gasteiger partial charge in [-0.2, -0.15) is 5.26 Å². The fourth-order valence-corrected chi connectivity index (χ4v) is 3.42. The van der Waals surface area contributed by atoms with E-state index in [2.05, 4.69) is 45.2 Å². The van der Waals surface area contributed by atoms with Crippen LogP contribution in [0.4, 0.5) is 0 Å². The third-order valence-electron chi connectivity index (χ3n) is 3.97. The molecule has 2 atom stereocenters. The number of nitrogens with zero attached hydrogens (tertiary/aromatic N) is 1. The molecule has 0 fully saturated rings. The second kappa shape index (κ2) is 7.04. The van der Waals surface area contributed by atoms with Gasteiger partial charge in [0.25, 0.3) is 0 Å². The Morgan fingerprint density at radius 3 is 2.83 bits per heavy atom. The maximum atomic E-state index is 9.08. The topological polar surface area (TPSA) is 23.8 Å². The summed E-state index contributed by atoms with van der Waals surface area (Å²) in [5.41, 5.74) is 2.89. The van der Waals surface area contributed by atoms with E-state index in [1.807, 2.05) is 0 Å². The van der Waals surface area contributed by atoms with Gasteiger partial charge >= 0.3 is 0 Å². The van der Waals surface area contributed by atoms with Crippen molar-refractivity contribution in [3.63, 3.8) is 0 Å². The maximum Gasteiger partial charge on any atom is 0.133 e. The molecule has 0 heterocycles. The number of nitriles is 1. The van der Waals surface area contributed by atoms with Crippen LogP contribution in [0.2, 0.25) is 0 Å². The lowest BCUT2D eigenvalue weighted by atomic mass is 9.79. The molecule has 18 heavy (non-hydrogen) atoms. The van der Waals surface area contributed by atoms with E-state index in [0.717, 1.165) is 19.3 Å². The van der Waals surface area contributed by atoms with E-state index in [9.17, 15) is 0 Å². The second-order valence-corrected chi connectivity index (χ2v) is 7.17. The molecule has 0 aromatic carbocycles. The van der Waals surface area contributed by atoms with Crippen LogP contribution >= 0.6 is 11.8 Å². The first-order valence-corrected chi connectivity index (χ1v) is 7.65. The van der Waals surface area contributed by atoms with Crippen molar-refractivity contribution in [2.45, 2.75) is 64.5 Å². The summed E-state index contributed by atoms with van der Waals surface area (Å²) < 4.78 is 0.109. The van der Waals surface area contributed by atoms with E-state index in [4.69, 9.17) is 5.26 Å². The number of rotatable bonds is 5. The van der Waals surface area contributed by atoms with Crippen LogP contribution in [0.15, 0.2) is 23.3 Å². The van der Waals surface area contributed by atoms with Crippen LogP contribution in [0.3, 0.4) is 0 Å². The number of thioether (sulfide) groups is 1. The minimum Gasteiger partial charge on any atom is -0.185 e. The third-order valence-corrected chi connectivity index (χ3v) is 5.07. The summed E-state index contributed by atoms with van der Waals surface area (Å²) in [7, 11) is 0. The smallest absolute Gasteiger partial charge is 0.133 e. The van der Waals surface area contributed by atoms with Crippen LogP contribution in [0.1, 0.15) is 59.8 Å². The van der Waals surface area contributed by atoms with Gasteiger partial charge in [0, 0.05) is 4.75 Å². The summed E-state index contributed by atoms with van der Waals surface area (Å²) in [5, 5.41) is 11.4. The highest BCUT2D eigenvalue weighted by atomic mass is 32.2. The molecule has 1 nitrogen and oxygen atoms in total. The molecule has 0 aromatic heterocycles. The van der Waals surface area contributed by atoms with E-state index in [0.29, 0.717) is 5.92 Å². The lowest BCUT2D eigenvalue weighted by molar-refractivity contribution is 0.349. The predicted molar refractivity (Wildman–Crippen MR) is 81.4 cm³/mol. The number of thiocyanates is 1. The molecule has 0 N–H and O–H groups in total. The molecule has 0 spiro atoms. The summed E-state index contributed by atoms with van der Waals surface area (Å²) in [4.78, 5) is 0. The molecule has 1 aliphatic rings. The van der Waals surface area contributed by atoms with Gasteiger partial charge in [-0.3, -0.25) is 0 Å². The second-order valence-electron chi connectivity index (χ2n) is 5.85. The zero-order valence-corrected chi connectivity index (χ0v) is 12.9. The Kier molecular flexibility index (Phi) is 6.02. The van der Waals surface area contributed by atoms with Crippen molar-refractivity contribution in [2.75, 3.05) is 0 Å². The molecule has 0 saturated heterocycles. The first-order chi connectivity index (χ1) is 8.48. The Labute approximate surface area is 116 Å². The highest BCUT2D eigenvalue weighted by Crippen LogP contribution is 2.43. The number of allylic oxidation sites excluding steroid dienone is 4. The van der Waals surface area contributed by atoms with Gasteiger partial charge in [0.15, 0.2) is 0 Å². The van der Waals surface area contributed by atoms with Gasteiger partial charge in [-0.05, 0) is 77.5 Å². The monoisotopic (exact) mass is 263 g/mol. The van der Waals surface area contributed by atoms with Gasteiger partial charge in [-0.25, -0.2) is 0 Å². The lowest BCUT2D eigenvalue weighted by Crippen LogP contribution is -2.31. The van der Waals surface area contributed by atoms with Crippen LogP contribution in [-0.4, -0.2) is 4.75 Å². The maximum absolute atomic E-state index is 9.08. The Bertz CT molecular complexity index is 371. The van der Waals surface area contributed by atoms with Gasteiger partial charge in [0.05, 0.1) is 0 Å². The summed E-state index contributed by atoms with van der Waals surface area (Å²) in [6.07, 6.45) is 10.4. The average Bonchev–Trinajstić information content (AvgIpc) is 2.29. The zero-order valence-electron chi connectivity index (χ0n) is 12.1. The van der Waals surface area contributed by atoms with Gasteiger partial charge in [0.2, 0.25) is 0 Å². The molecular formula is C16H25NS. The highest BCUT2D eigenvalue weighted by molar-refractivity contribution is 8.05. The van der Waals surface area contributed by atoms with Gasteiger partial charge in [0.1, 0.15) is 5.40 Å². The SMILES string of the molecule is CC(C)=CCCC(C)(SC#N)C1CC=C(C)CC1. The molecule has 0 radical (unpaired) electrons. The van der Waals surface area contributed by atoms with E-state index in [1.54, 1.807) is 0 Å². The van der Waals surface area contributed by atoms with Crippen molar-refractivity contribution >= 4 is 11.8 Å². The number of hydrogen-bond donors (Lipinski definition) is 0. The van der Waals surface area contributed by atoms with Crippen molar-refractivity contribution < 1.29 is 0 Å². The summed E-state index contributed by atoms with van der Waals surface area (Å²) in [6.45, 7) is 8.77. The van der Waals surface area contributed by atoms with Crippen LogP contribution in [-0.2, 0) is 0 Å². The quantitative estimate of drug-likeness (QED) is 0.486. The molecular weight excluding hydrogens is 238 g/mol. The summed E-state index contributed by atoms with van der Waals surface area (Å²) in [6, 6.07) is 0. The van der Waals surface area contributed by atoms with E-state index >= 15 is 0 Å². The molecule has 2 heteroatoms. The zero-order chi connectivity index (χ0) is 13.6. The molecule has 0 bridgehead atoms. The average molecular weight is 263 g/mol.